The topological polar surface area (TPSA) is 231 Å². The Kier molecular flexibility index (Phi) is 88.2. The molecule has 0 bridgehead atoms. The second kappa shape index (κ2) is 92.1. The minimum Gasteiger partial charge on any atom is -0.463 e. The van der Waals surface area contributed by atoms with Gasteiger partial charge in [-0.1, -0.05) is 384 Å². The number of rotatable bonds is 89. The van der Waals surface area contributed by atoms with Crippen molar-refractivity contribution >= 4 is 33.6 Å². The van der Waals surface area contributed by atoms with Crippen LogP contribution in [0.5, 0.6) is 0 Å². The van der Waals surface area contributed by atoms with E-state index in [-0.39, 0.29) is 19.3 Å². The van der Waals surface area contributed by atoms with Crippen LogP contribution in [0.15, 0.2) is 170 Å². The predicted octanol–water partition coefficient (Wildman–Crippen LogP) is 29.4. The van der Waals surface area contributed by atoms with Gasteiger partial charge in [-0.3, -0.25) is 32.5 Å². The molecule has 18 heteroatoms. The molecule has 0 aliphatic heterocycles. The van der Waals surface area contributed by atoms with Gasteiger partial charge in [-0.05, 0) is 161 Å². The molecule has 0 aromatic heterocycles. The second-order valence-corrected chi connectivity index (χ2v) is 34.3. The first-order valence-electron chi connectivity index (χ1n) is 47.4. The molecular formula is C101H172O16P2. The molecule has 0 heterocycles. The van der Waals surface area contributed by atoms with E-state index < -0.39 is 91.5 Å². The average molecular weight is 1700 g/mol. The first-order chi connectivity index (χ1) is 58.2. The Balaban J connectivity index is 4.61. The fourth-order valence-corrected chi connectivity index (χ4v) is 14.3. The van der Waals surface area contributed by atoms with Gasteiger partial charge in [-0.25, -0.2) is 9.13 Å². The number of esters is 3. The summed E-state index contributed by atoms with van der Waals surface area (Å²) < 4.78 is 61.5. The van der Waals surface area contributed by atoms with E-state index in [1.807, 2.05) is 0 Å². The molecule has 5 atom stereocenters. The molecule has 0 fully saturated rings. The SMILES string of the molecule is CC/C=C\C/C=C\C/C=C\C/C=C\C/C=C\C/C=C\CCCCC(=O)OC(COC(=O)CCCCCCCCCCCCCCCCC/C=C\C/C=C\C/C=C\C/C=C\CCCCC)COP(=O)(O)OCC(O)COP(=O)(O)OCC(O)COC(=O)CCCCCCCCCCCCCCCCC/C=C\C/C=C\C/C=C\C/C=C\CCCCC. The van der Waals surface area contributed by atoms with Crippen LogP contribution in [-0.2, 0) is 55.8 Å². The van der Waals surface area contributed by atoms with Gasteiger partial charge in [0.2, 0.25) is 0 Å². The zero-order chi connectivity index (χ0) is 86.5. The Bertz CT molecular complexity index is 2840. The second-order valence-electron chi connectivity index (χ2n) is 31.4. The van der Waals surface area contributed by atoms with E-state index in [0.717, 1.165) is 128 Å². The summed E-state index contributed by atoms with van der Waals surface area (Å²) in [5.41, 5.74) is 0. The molecule has 0 saturated carbocycles. The molecule has 16 nitrogen and oxygen atoms in total. The van der Waals surface area contributed by atoms with Crippen LogP contribution < -0.4 is 0 Å². The van der Waals surface area contributed by atoms with Gasteiger partial charge in [0.15, 0.2) is 6.10 Å². The Labute approximate surface area is 726 Å². The molecule has 119 heavy (non-hydrogen) atoms. The average Bonchev–Trinajstić information content (AvgIpc) is 0.903. The van der Waals surface area contributed by atoms with E-state index in [2.05, 4.69) is 191 Å². The van der Waals surface area contributed by atoms with Crippen LogP contribution in [-0.4, -0.2) is 95.9 Å². The maximum Gasteiger partial charge on any atom is 0.472 e. The summed E-state index contributed by atoms with van der Waals surface area (Å²) in [5, 5.41) is 20.7. The first-order valence-corrected chi connectivity index (χ1v) is 50.4. The fraction of sp³-hybridized carbons (Fsp3) is 0.693. The smallest absolute Gasteiger partial charge is 0.463 e. The summed E-state index contributed by atoms with van der Waals surface area (Å²) in [4.78, 5) is 59.0. The highest BCUT2D eigenvalue weighted by molar-refractivity contribution is 7.47. The third-order valence-corrected chi connectivity index (χ3v) is 21.8. The van der Waals surface area contributed by atoms with E-state index in [0.29, 0.717) is 25.7 Å². The number of unbranched alkanes of at least 4 members (excludes halogenated alkanes) is 38. The van der Waals surface area contributed by atoms with E-state index in [1.165, 1.54) is 199 Å². The summed E-state index contributed by atoms with van der Waals surface area (Å²) >= 11 is 0. The minimum absolute atomic E-state index is 0.0455. The van der Waals surface area contributed by atoms with Crippen LogP contribution >= 0.6 is 15.6 Å². The molecule has 0 spiro atoms. The van der Waals surface area contributed by atoms with Gasteiger partial charge in [0.1, 0.15) is 25.4 Å². The number of phosphoric ester groups is 2. The van der Waals surface area contributed by atoms with Gasteiger partial charge in [0.25, 0.3) is 0 Å². The lowest BCUT2D eigenvalue weighted by Gasteiger charge is -2.21. The monoisotopic (exact) mass is 1700 g/mol. The number of aliphatic hydroxyl groups excluding tert-OH is 2. The molecule has 0 aromatic carbocycles. The predicted molar refractivity (Wildman–Crippen MR) is 500 cm³/mol. The quantitative estimate of drug-likeness (QED) is 0.0146. The lowest BCUT2D eigenvalue weighted by molar-refractivity contribution is -0.161. The van der Waals surface area contributed by atoms with Gasteiger partial charge < -0.3 is 34.2 Å². The summed E-state index contributed by atoms with van der Waals surface area (Å²) in [6.45, 7) is 2.50. The summed E-state index contributed by atoms with van der Waals surface area (Å²) in [5.74, 6) is -1.62. The Morgan fingerprint density at radius 1 is 0.244 bits per heavy atom. The number of hydrogen-bond acceptors (Lipinski definition) is 14. The van der Waals surface area contributed by atoms with Gasteiger partial charge in [-0.2, -0.15) is 0 Å². The van der Waals surface area contributed by atoms with Crippen molar-refractivity contribution in [3.8, 4) is 0 Å². The summed E-state index contributed by atoms with van der Waals surface area (Å²) in [6.07, 6.45) is 120. The van der Waals surface area contributed by atoms with Gasteiger partial charge in [0, 0.05) is 19.3 Å². The molecule has 5 unspecified atom stereocenters. The van der Waals surface area contributed by atoms with Crippen molar-refractivity contribution in [1.29, 1.82) is 0 Å². The highest BCUT2D eigenvalue weighted by Crippen LogP contribution is 2.45. The lowest BCUT2D eigenvalue weighted by atomic mass is 10.0. The van der Waals surface area contributed by atoms with E-state index in [9.17, 15) is 43.5 Å². The van der Waals surface area contributed by atoms with Crippen molar-refractivity contribution in [1.82, 2.24) is 0 Å². The van der Waals surface area contributed by atoms with Crippen molar-refractivity contribution in [2.75, 3.05) is 39.6 Å². The number of phosphoric acid groups is 2. The summed E-state index contributed by atoms with van der Waals surface area (Å²) in [6, 6.07) is 0. The van der Waals surface area contributed by atoms with Crippen molar-refractivity contribution in [2.24, 2.45) is 0 Å². The van der Waals surface area contributed by atoms with Gasteiger partial charge >= 0.3 is 33.6 Å². The highest BCUT2D eigenvalue weighted by Gasteiger charge is 2.29. The molecule has 0 amide bonds. The number of aliphatic hydroxyl groups is 2. The number of ether oxygens (including phenoxy) is 3. The molecule has 0 radical (unpaired) electrons. The van der Waals surface area contributed by atoms with Gasteiger partial charge in [0.05, 0.1) is 26.4 Å². The molecule has 0 rings (SSSR count). The fourth-order valence-electron chi connectivity index (χ4n) is 12.7. The number of carbonyl (C=O) groups excluding carboxylic acids is 3. The third-order valence-electron chi connectivity index (χ3n) is 19.9. The van der Waals surface area contributed by atoms with Crippen molar-refractivity contribution in [3.05, 3.63) is 170 Å². The Morgan fingerprint density at radius 3 is 0.723 bits per heavy atom. The third kappa shape index (κ3) is 93.5. The normalized spacial score (nSPS) is 14.5. The van der Waals surface area contributed by atoms with Crippen molar-refractivity contribution < 1.29 is 75.8 Å². The maximum atomic E-state index is 13.1. The standard InChI is InChI=1S/C101H172O16P2/c1-4-7-10-13-16-19-22-25-28-31-34-37-39-41-43-45-47-49-51-53-55-58-60-63-66-69-72-75-78-81-84-87-99(104)111-90-96(102)91-113-118(107,108)114-92-97(103)93-115-119(109,110)116-95-98(117-101(106)89-86-83-80-77-74-71-68-65-62-57-36-33-30-27-24-21-18-15-12-9-6-3)94-112-100(105)88-85-82-79-76-73-70-67-64-61-59-56-54-52-50-48-46-44-42-40-38-35-32-29-26-23-20-17-14-11-8-5-2/h9,12,16-21,25-30,34-38,41-44,57,65,68,74,77,96-98,102-103H,4-8,10-11,13-15,22-24,31-33,39-40,45-56,58-64,66-67,69-73,75-76,78-95H2,1-3H3,(H,107,108)(H,109,110)/b12-9-,19-16-,20-17-,21-18-,28-25-,29-26-,30-27-,37-34-,38-35-,43-41-,44-42-,57-36-,68-65-,77-74-. The molecule has 0 saturated heterocycles. The van der Waals surface area contributed by atoms with E-state index in [4.69, 9.17) is 32.3 Å². The number of hydrogen-bond donors (Lipinski definition) is 4. The largest absolute Gasteiger partial charge is 0.472 e. The Morgan fingerprint density at radius 2 is 0.445 bits per heavy atom. The zero-order valence-corrected chi connectivity index (χ0v) is 77.0. The molecule has 0 aliphatic rings. The molecule has 0 aromatic rings. The summed E-state index contributed by atoms with van der Waals surface area (Å²) in [7, 11) is -9.83. The van der Waals surface area contributed by atoms with Gasteiger partial charge in [-0.15, -0.1) is 0 Å². The van der Waals surface area contributed by atoms with E-state index >= 15 is 0 Å². The lowest BCUT2D eigenvalue weighted by Crippen LogP contribution is -2.30. The van der Waals surface area contributed by atoms with Crippen molar-refractivity contribution in [2.45, 2.75) is 411 Å². The molecule has 0 aliphatic carbocycles. The van der Waals surface area contributed by atoms with Crippen LogP contribution in [0.2, 0.25) is 0 Å². The number of allylic oxidation sites excluding steroid dienone is 28. The van der Waals surface area contributed by atoms with Crippen LogP contribution in [0.25, 0.3) is 0 Å². The molecule has 682 valence electrons. The van der Waals surface area contributed by atoms with Crippen molar-refractivity contribution in [3.63, 3.8) is 0 Å². The van der Waals surface area contributed by atoms with Crippen LogP contribution in [0, 0.1) is 0 Å². The number of carbonyl (C=O) groups is 3. The maximum absolute atomic E-state index is 13.1. The molecular weight excluding hydrogens is 1530 g/mol. The van der Waals surface area contributed by atoms with E-state index in [1.54, 1.807) is 0 Å². The van der Waals surface area contributed by atoms with Crippen LogP contribution in [0.3, 0.4) is 0 Å². The first kappa shape index (κ1) is 114. The van der Waals surface area contributed by atoms with Crippen LogP contribution in [0.4, 0.5) is 0 Å². The van der Waals surface area contributed by atoms with Crippen LogP contribution in [0.1, 0.15) is 393 Å². The minimum atomic E-state index is -4.96. The zero-order valence-electron chi connectivity index (χ0n) is 75.2. The highest BCUT2D eigenvalue weighted by atomic mass is 31.2. The Hall–Kier alpha value is -5.09. The molecule has 4 N–H and O–H groups in total.